The first-order valence-electron chi connectivity index (χ1n) is 6.10. The molecular formula is C14H24N2O. The van der Waals surface area contributed by atoms with Crippen LogP contribution in [0.3, 0.4) is 0 Å². The van der Waals surface area contributed by atoms with E-state index in [1.807, 2.05) is 12.1 Å². The van der Waals surface area contributed by atoms with E-state index < -0.39 is 0 Å². The van der Waals surface area contributed by atoms with Gasteiger partial charge in [-0.25, -0.2) is 0 Å². The van der Waals surface area contributed by atoms with Crippen molar-refractivity contribution in [3.8, 4) is 5.75 Å². The van der Waals surface area contributed by atoms with Crippen molar-refractivity contribution in [1.29, 1.82) is 0 Å². The molecule has 2 unspecified atom stereocenters. The lowest BCUT2D eigenvalue weighted by Gasteiger charge is -2.23. The van der Waals surface area contributed by atoms with Crippen molar-refractivity contribution in [2.24, 2.45) is 11.7 Å². The molecule has 0 aliphatic heterocycles. The monoisotopic (exact) mass is 236 g/mol. The smallest absolute Gasteiger partial charge is 0.119 e. The van der Waals surface area contributed by atoms with E-state index in [1.165, 1.54) is 5.56 Å². The summed E-state index contributed by atoms with van der Waals surface area (Å²) in [5, 5.41) is 0. The molecule has 2 N–H and O–H groups in total. The van der Waals surface area contributed by atoms with E-state index in [9.17, 15) is 0 Å². The van der Waals surface area contributed by atoms with Crippen LogP contribution in [-0.2, 0) is 6.54 Å². The third kappa shape index (κ3) is 4.75. The fourth-order valence-electron chi connectivity index (χ4n) is 1.80. The van der Waals surface area contributed by atoms with Gasteiger partial charge in [-0.1, -0.05) is 19.1 Å². The second-order valence-corrected chi connectivity index (χ2v) is 4.88. The summed E-state index contributed by atoms with van der Waals surface area (Å²) in [7, 11) is 3.82. The Morgan fingerprint density at radius 1 is 1.35 bits per heavy atom. The van der Waals surface area contributed by atoms with Crippen LogP contribution >= 0.6 is 0 Å². The molecule has 0 radical (unpaired) electrons. The Balaban J connectivity index is 2.52. The fourth-order valence-corrected chi connectivity index (χ4v) is 1.80. The zero-order valence-electron chi connectivity index (χ0n) is 11.3. The molecule has 0 heterocycles. The van der Waals surface area contributed by atoms with Gasteiger partial charge in [0, 0.05) is 19.1 Å². The first kappa shape index (κ1) is 14.0. The molecule has 0 bridgehead atoms. The number of rotatable bonds is 6. The zero-order valence-corrected chi connectivity index (χ0v) is 11.3. The highest BCUT2D eigenvalue weighted by atomic mass is 16.5. The minimum Gasteiger partial charge on any atom is -0.497 e. The van der Waals surface area contributed by atoms with E-state index in [-0.39, 0.29) is 6.04 Å². The molecule has 0 aromatic heterocycles. The predicted octanol–water partition coefficient (Wildman–Crippen LogP) is 2.11. The maximum atomic E-state index is 5.88. The van der Waals surface area contributed by atoms with Crippen molar-refractivity contribution in [1.82, 2.24) is 4.90 Å². The molecule has 0 saturated heterocycles. The van der Waals surface area contributed by atoms with Crippen LogP contribution < -0.4 is 10.5 Å². The quantitative estimate of drug-likeness (QED) is 0.822. The molecule has 0 aliphatic carbocycles. The van der Waals surface area contributed by atoms with Crippen LogP contribution in [-0.4, -0.2) is 31.6 Å². The minimum atomic E-state index is 0.239. The SMILES string of the molecule is COc1cccc(CN(C)CC(C)C(C)N)c1. The molecule has 1 aromatic carbocycles. The Hall–Kier alpha value is -1.06. The van der Waals surface area contributed by atoms with E-state index in [0.717, 1.165) is 18.8 Å². The molecule has 17 heavy (non-hydrogen) atoms. The van der Waals surface area contributed by atoms with Crippen molar-refractivity contribution < 1.29 is 4.74 Å². The second kappa shape index (κ2) is 6.62. The Labute approximate surface area is 105 Å². The normalized spacial score (nSPS) is 14.7. The van der Waals surface area contributed by atoms with Crippen LogP contribution in [0.2, 0.25) is 0 Å². The second-order valence-electron chi connectivity index (χ2n) is 4.88. The third-order valence-corrected chi connectivity index (χ3v) is 3.08. The number of ether oxygens (including phenoxy) is 1. The number of nitrogens with zero attached hydrogens (tertiary/aromatic N) is 1. The van der Waals surface area contributed by atoms with Gasteiger partial charge in [-0.3, -0.25) is 0 Å². The molecule has 1 rings (SSSR count). The molecular weight excluding hydrogens is 212 g/mol. The first-order valence-corrected chi connectivity index (χ1v) is 6.10. The van der Waals surface area contributed by atoms with Crippen LogP contribution in [0.1, 0.15) is 19.4 Å². The van der Waals surface area contributed by atoms with E-state index in [2.05, 4.69) is 37.9 Å². The Morgan fingerprint density at radius 3 is 2.65 bits per heavy atom. The molecule has 3 heteroatoms. The van der Waals surface area contributed by atoms with Crippen LogP contribution in [0.5, 0.6) is 5.75 Å². The van der Waals surface area contributed by atoms with E-state index in [0.29, 0.717) is 5.92 Å². The van der Waals surface area contributed by atoms with Gasteiger partial charge in [-0.15, -0.1) is 0 Å². The largest absolute Gasteiger partial charge is 0.497 e. The molecule has 3 nitrogen and oxygen atoms in total. The molecule has 0 amide bonds. The van der Waals surface area contributed by atoms with Gasteiger partial charge in [0.15, 0.2) is 0 Å². The van der Waals surface area contributed by atoms with Gasteiger partial charge >= 0.3 is 0 Å². The maximum absolute atomic E-state index is 5.88. The summed E-state index contributed by atoms with van der Waals surface area (Å²) < 4.78 is 5.22. The van der Waals surface area contributed by atoms with Crippen molar-refractivity contribution in [3.63, 3.8) is 0 Å². The summed E-state index contributed by atoms with van der Waals surface area (Å²) in [6.07, 6.45) is 0. The van der Waals surface area contributed by atoms with Gasteiger partial charge < -0.3 is 15.4 Å². The van der Waals surface area contributed by atoms with Gasteiger partial charge in [-0.2, -0.15) is 0 Å². The minimum absolute atomic E-state index is 0.239. The van der Waals surface area contributed by atoms with E-state index in [1.54, 1.807) is 7.11 Å². The van der Waals surface area contributed by atoms with Crippen molar-refractivity contribution in [3.05, 3.63) is 29.8 Å². The molecule has 0 spiro atoms. The Morgan fingerprint density at radius 2 is 2.06 bits per heavy atom. The third-order valence-electron chi connectivity index (χ3n) is 3.08. The standard InChI is InChI=1S/C14H24N2O/c1-11(12(2)15)9-16(3)10-13-6-5-7-14(8-13)17-4/h5-8,11-12H,9-10,15H2,1-4H3. The lowest BCUT2D eigenvalue weighted by atomic mass is 10.0. The predicted molar refractivity (Wildman–Crippen MR) is 72.1 cm³/mol. The average molecular weight is 236 g/mol. The molecule has 1 aromatic rings. The lowest BCUT2D eigenvalue weighted by Crippen LogP contribution is -2.34. The van der Waals surface area contributed by atoms with Gasteiger partial charge in [0.2, 0.25) is 0 Å². The van der Waals surface area contributed by atoms with Gasteiger partial charge in [-0.05, 0) is 37.6 Å². The van der Waals surface area contributed by atoms with Crippen LogP contribution in [0.25, 0.3) is 0 Å². The molecule has 0 fully saturated rings. The van der Waals surface area contributed by atoms with Crippen molar-refractivity contribution in [2.75, 3.05) is 20.7 Å². The van der Waals surface area contributed by atoms with Crippen molar-refractivity contribution >= 4 is 0 Å². The van der Waals surface area contributed by atoms with Crippen LogP contribution in [0, 0.1) is 5.92 Å². The van der Waals surface area contributed by atoms with E-state index >= 15 is 0 Å². The Bertz CT molecular complexity index is 339. The van der Waals surface area contributed by atoms with Gasteiger partial charge in [0.1, 0.15) is 5.75 Å². The summed E-state index contributed by atoms with van der Waals surface area (Å²) in [5.41, 5.74) is 7.14. The fraction of sp³-hybridized carbons (Fsp3) is 0.571. The highest BCUT2D eigenvalue weighted by Gasteiger charge is 2.10. The van der Waals surface area contributed by atoms with Crippen molar-refractivity contribution in [2.45, 2.75) is 26.4 Å². The molecule has 96 valence electrons. The average Bonchev–Trinajstić information content (AvgIpc) is 2.28. The highest BCUT2D eigenvalue weighted by molar-refractivity contribution is 5.28. The summed E-state index contributed by atoms with van der Waals surface area (Å²) >= 11 is 0. The van der Waals surface area contributed by atoms with Gasteiger partial charge in [0.25, 0.3) is 0 Å². The lowest BCUT2D eigenvalue weighted by molar-refractivity contribution is 0.261. The summed E-state index contributed by atoms with van der Waals surface area (Å²) in [6, 6.07) is 8.43. The van der Waals surface area contributed by atoms with E-state index in [4.69, 9.17) is 10.5 Å². The summed E-state index contributed by atoms with van der Waals surface area (Å²) in [6.45, 7) is 6.18. The number of hydrogen-bond donors (Lipinski definition) is 1. The first-order chi connectivity index (χ1) is 8.02. The number of methoxy groups -OCH3 is 1. The number of hydrogen-bond acceptors (Lipinski definition) is 3. The topological polar surface area (TPSA) is 38.5 Å². The summed E-state index contributed by atoms with van der Waals surface area (Å²) in [5.74, 6) is 1.42. The molecule has 2 atom stereocenters. The van der Waals surface area contributed by atoms with Crippen LogP contribution in [0.15, 0.2) is 24.3 Å². The molecule has 0 aliphatic rings. The highest BCUT2D eigenvalue weighted by Crippen LogP contribution is 2.14. The molecule has 0 saturated carbocycles. The van der Waals surface area contributed by atoms with Crippen LogP contribution in [0.4, 0.5) is 0 Å². The number of nitrogens with two attached hydrogens (primary N) is 1. The Kier molecular flexibility index (Phi) is 5.45. The van der Waals surface area contributed by atoms with Gasteiger partial charge in [0.05, 0.1) is 7.11 Å². The summed E-state index contributed by atoms with van der Waals surface area (Å²) in [4.78, 5) is 2.29. The maximum Gasteiger partial charge on any atom is 0.119 e. The number of benzene rings is 1. The zero-order chi connectivity index (χ0) is 12.8.